The predicted molar refractivity (Wildman–Crippen MR) is 72.2 cm³/mol. The zero-order valence-electron chi connectivity index (χ0n) is 10.8. The third kappa shape index (κ3) is 3.42. The minimum absolute atomic E-state index is 0.112. The Morgan fingerprint density at radius 3 is 2.95 bits per heavy atom. The topological polar surface area (TPSA) is 75.4 Å². The molecule has 1 unspecified atom stereocenters. The lowest BCUT2D eigenvalue weighted by Crippen LogP contribution is -2.27. The average Bonchev–Trinajstić information content (AvgIpc) is 3.05. The van der Waals surface area contributed by atoms with Crippen molar-refractivity contribution in [1.82, 2.24) is 10.3 Å². The van der Waals surface area contributed by atoms with E-state index in [0.29, 0.717) is 16.6 Å². The van der Waals surface area contributed by atoms with E-state index in [9.17, 15) is 9.90 Å². The lowest BCUT2D eigenvalue weighted by molar-refractivity contribution is 0.0905. The van der Waals surface area contributed by atoms with Gasteiger partial charge in [0.1, 0.15) is 16.7 Å². The van der Waals surface area contributed by atoms with Crippen LogP contribution in [-0.2, 0) is 0 Å². The first kappa shape index (κ1) is 13.8. The second-order valence-electron chi connectivity index (χ2n) is 4.46. The van der Waals surface area contributed by atoms with Gasteiger partial charge >= 0.3 is 0 Å². The summed E-state index contributed by atoms with van der Waals surface area (Å²) >= 11 is 1.37. The second-order valence-corrected chi connectivity index (χ2v) is 5.52. The number of amides is 1. The van der Waals surface area contributed by atoms with E-state index in [0.717, 1.165) is 5.01 Å². The van der Waals surface area contributed by atoms with Crippen LogP contribution in [-0.4, -0.2) is 22.5 Å². The number of nitrogens with one attached hydrogen (secondary N) is 1. The highest BCUT2D eigenvalue weighted by atomic mass is 32.1. The van der Waals surface area contributed by atoms with Gasteiger partial charge in [0.15, 0.2) is 0 Å². The molecule has 0 saturated carbocycles. The highest BCUT2D eigenvalue weighted by Gasteiger charge is 2.15. The molecule has 0 spiro atoms. The number of aromatic nitrogens is 1. The fraction of sp³-hybridized carbons (Fsp3) is 0.385. The molecule has 19 heavy (non-hydrogen) atoms. The number of rotatable bonds is 5. The predicted octanol–water partition coefficient (Wildman–Crippen LogP) is 2.32. The Bertz CT molecular complexity index is 534. The molecule has 6 heteroatoms. The van der Waals surface area contributed by atoms with Gasteiger partial charge in [-0.1, -0.05) is 13.8 Å². The largest absolute Gasteiger partial charge is 0.467 e. The first-order valence-corrected chi connectivity index (χ1v) is 6.85. The van der Waals surface area contributed by atoms with Crippen LogP contribution in [0.25, 0.3) is 0 Å². The summed E-state index contributed by atoms with van der Waals surface area (Å²) in [6, 6.07) is 3.36. The van der Waals surface area contributed by atoms with Crippen LogP contribution in [0.5, 0.6) is 0 Å². The Hall–Kier alpha value is -1.66. The summed E-state index contributed by atoms with van der Waals surface area (Å²) in [6.07, 6.45) is 2.21. The van der Waals surface area contributed by atoms with Gasteiger partial charge < -0.3 is 14.8 Å². The van der Waals surface area contributed by atoms with Crippen molar-refractivity contribution in [2.75, 3.05) is 6.54 Å². The summed E-state index contributed by atoms with van der Waals surface area (Å²) in [5, 5.41) is 13.4. The van der Waals surface area contributed by atoms with Gasteiger partial charge in [-0.2, -0.15) is 0 Å². The summed E-state index contributed by atoms with van der Waals surface area (Å²) in [5.74, 6) is 0.516. The maximum absolute atomic E-state index is 11.9. The minimum atomic E-state index is -0.837. The number of nitrogens with zero attached hydrogens (tertiary/aromatic N) is 1. The molecule has 1 amide bonds. The molecule has 0 aliphatic rings. The maximum Gasteiger partial charge on any atom is 0.263 e. The van der Waals surface area contributed by atoms with E-state index < -0.39 is 6.10 Å². The molecular weight excluding hydrogens is 264 g/mol. The van der Waals surface area contributed by atoms with Crippen molar-refractivity contribution < 1.29 is 14.3 Å². The fourth-order valence-electron chi connectivity index (χ4n) is 1.52. The van der Waals surface area contributed by atoms with Crippen molar-refractivity contribution >= 4 is 17.2 Å². The molecule has 102 valence electrons. The number of hydrogen-bond acceptors (Lipinski definition) is 5. The molecule has 2 rings (SSSR count). The third-order valence-corrected chi connectivity index (χ3v) is 3.87. The zero-order valence-corrected chi connectivity index (χ0v) is 11.6. The van der Waals surface area contributed by atoms with E-state index in [2.05, 4.69) is 10.3 Å². The van der Waals surface area contributed by atoms with Gasteiger partial charge in [-0.05, 0) is 12.1 Å². The molecular formula is C13H16N2O3S. The maximum atomic E-state index is 11.9. The number of aliphatic hydroxyl groups is 1. The molecule has 2 N–H and O–H groups in total. The number of thiazole rings is 1. The van der Waals surface area contributed by atoms with Gasteiger partial charge in [-0.3, -0.25) is 4.79 Å². The highest BCUT2D eigenvalue weighted by molar-refractivity contribution is 7.13. The van der Waals surface area contributed by atoms with Crippen LogP contribution >= 0.6 is 11.3 Å². The van der Waals surface area contributed by atoms with E-state index in [-0.39, 0.29) is 12.5 Å². The zero-order chi connectivity index (χ0) is 13.8. The number of carbonyl (C=O) groups is 1. The summed E-state index contributed by atoms with van der Waals surface area (Å²) in [5.41, 5.74) is 0. The Morgan fingerprint density at radius 1 is 1.58 bits per heavy atom. The molecule has 0 radical (unpaired) electrons. The number of aliphatic hydroxyl groups excluding tert-OH is 1. The van der Waals surface area contributed by atoms with Gasteiger partial charge in [0.05, 0.1) is 24.0 Å². The van der Waals surface area contributed by atoms with Crippen LogP contribution < -0.4 is 5.32 Å². The average molecular weight is 280 g/mol. The van der Waals surface area contributed by atoms with Gasteiger partial charge in [0, 0.05) is 5.92 Å². The molecule has 5 nitrogen and oxygen atoms in total. The quantitative estimate of drug-likeness (QED) is 0.881. The summed E-state index contributed by atoms with van der Waals surface area (Å²) in [6.45, 7) is 4.17. The molecule has 0 fully saturated rings. The molecule has 0 aromatic carbocycles. The van der Waals surface area contributed by atoms with Crippen molar-refractivity contribution in [3.05, 3.63) is 40.2 Å². The lowest BCUT2D eigenvalue weighted by Gasteiger charge is -2.08. The van der Waals surface area contributed by atoms with E-state index in [1.165, 1.54) is 17.6 Å². The number of furan rings is 1. The van der Waals surface area contributed by atoms with E-state index in [4.69, 9.17) is 4.42 Å². The normalized spacial score (nSPS) is 12.6. The van der Waals surface area contributed by atoms with Gasteiger partial charge in [-0.15, -0.1) is 11.3 Å². The van der Waals surface area contributed by atoms with Gasteiger partial charge in [0.25, 0.3) is 5.91 Å². The smallest absolute Gasteiger partial charge is 0.263 e. The number of carbonyl (C=O) groups excluding carboxylic acids is 1. The van der Waals surface area contributed by atoms with E-state index >= 15 is 0 Å². The Morgan fingerprint density at radius 2 is 2.37 bits per heavy atom. The van der Waals surface area contributed by atoms with Crippen LogP contribution in [0.1, 0.15) is 46.3 Å². The van der Waals surface area contributed by atoms with Crippen LogP contribution in [0.3, 0.4) is 0 Å². The Balaban J connectivity index is 1.90. The standard InChI is InChI=1S/C13H16N2O3S/c1-8(2)13-15-7-11(19-13)12(17)14-6-9(16)10-4-3-5-18-10/h3-5,7-9,16H,6H2,1-2H3,(H,14,17). The Labute approximate surface area is 115 Å². The second kappa shape index (κ2) is 5.99. The van der Waals surface area contributed by atoms with Crippen molar-refractivity contribution in [3.8, 4) is 0 Å². The van der Waals surface area contributed by atoms with Gasteiger partial charge in [-0.25, -0.2) is 4.98 Å². The minimum Gasteiger partial charge on any atom is -0.467 e. The monoisotopic (exact) mass is 280 g/mol. The van der Waals surface area contributed by atoms with Gasteiger partial charge in [0.2, 0.25) is 0 Å². The van der Waals surface area contributed by atoms with Crippen molar-refractivity contribution in [3.63, 3.8) is 0 Å². The molecule has 2 heterocycles. The van der Waals surface area contributed by atoms with Crippen molar-refractivity contribution in [1.29, 1.82) is 0 Å². The lowest BCUT2D eigenvalue weighted by atomic mass is 10.2. The van der Waals surface area contributed by atoms with Crippen molar-refractivity contribution in [2.24, 2.45) is 0 Å². The summed E-state index contributed by atoms with van der Waals surface area (Å²) in [7, 11) is 0. The van der Waals surface area contributed by atoms with E-state index in [1.54, 1.807) is 18.3 Å². The molecule has 2 aromatic heterocycles. The van der Waals surface area contributed by atoms with Crippen LogP contribution in [0, 0.1) is 0 Å². The molecule has 0 aliphatic heterocycles. The third-order valence-electron chi connectivity index (χ3n) is 2.57. The number of hydrogen-bond donors (Lipinski definition) is 2. The van der Waals surface area contributed by atoms with Crippen molar-refractivity contribution in [2.45, 2.75) is 25.9 Å². The highest BCUT2D eigenvalue weighted by Crippen LogP contribution is 2.21. The SMILES string of the molecule is CC(C)c1ncc(C(=O)NCC(O)c2ccco2)s1. The first-order chi connectivity index (χ1) is 9.08. The summed E-state index contributed by atoms with van der Waals surface area (Å²) < 4.78 is 5.06. The van der Waals surface area contributed by atoms with Crippen LogP contribution in [0.15, 0.2) is 29.0 Å². The molecule has 2 aromatic rings. The van der Waals surface area contributed by atoms with Crippen LogP contribution in [0.2, 0.25) is 0 Å². The van der Waals surface area contributed by atoms with Crippen LogP contribution in [0.4, 0.5) is 0 Å². The fourth-order valence-corrected chi connectivity index (χ4v) is 2.35. The molecule has 0 aliphatic carbocycles. The molecule has 0 saturated heterocycles. The Kier molecular flexibility index (Phi) is 4.34. The van der Waals surface area contributed by atoms with E-state index in [1.807, 2.05) is 13.8 Å². The first-order valence-electron chi connectivity index (χ1n) is 6.03. The molecule has 1 atom stereocenters. The summed E-state index contributed by atoms with van der Waals surface area (Å²) in [4.78, 5) is 16.6. The molecule has 0 bridgehead atoms.